The zero-order valence-electron chi connectivity index (χ0n) is 7.96. The van der Waals surface area contributed by atoms with Crippen molar-refractivity contribution in [3.05, 3.63) is 24.4 Å². The summed E-state index contributed by atoms with van der Waals surface area (Å²) in [6.07, 6.45) is 6.24. The second-order valence-corrected chi connectivity index (χ2v) is 3.11. The highest BCUT2D eigenvalue weighted by Gasteiger charge is 2.00. The van der Waals surface area contributed by atoms with E-state index in [0.717, 1.165) is 18.8 Å². The number of hydrogen-bond donors (Lipinski definition) is 1. The van der Waals surface area contributed by atoms with Gasteiger partial charge in [-0.15, -0.1) is 5.10 Å². The molecule has 14 heavy (non-hydrogen) atoms. The molecule has 0 radical (unpaired) electrons. The van der Waals surface area contributed by atoms with Crippen LogP contribution in [0.4, 0.5) is 5.82 Å². The van der Waals surface area contributed by atoms with Crippen molar-refractivity contribution >= 4 is 5.82 Å². The molecule has 0 aliphatic heterocycles. The van der Waals surface area contributed by atoms with Crippen LogP contribution in [0, 0.1) is 0 Å². The van der Waals surface area contributed by atoms with Crippen molar-refractivity contribution in [2.45, 2.75) is 13.0 Å². The van der Waals surface area contributed by atoms with E-state index in [0.29, 0.717) is 5.82 Å². The Morgan fingerprint density at radius 3 is 2.93 bits per heavy atom. The number of aromatic nitrogens is 5. The molecular formula is C8H12N6. The summed E-state index contributed by atoms with van der Waals surface area (Å²) in [6.45, 7) is 0.745. The first-order chi connectivity index (χ1) is 6.75. The van der Waals surface area contributed by atoms with Gasteiger partial charge in [0.15, 0.2) is 5.82 Å². The Morgan fingerprint density at radius 2 is 2.36 bits per heavy atom. The number of imidazole rings is 1. The largest absolute Gasteiger partial charge is 0.381 e. The SMILES string of the molecule is Cn1ccnc1CCn1cc(N)nn1. The van der Waals surface area contributed by atoms with E-state index in [1.165, 1.54) is 0 Å². The van der Waals surface area contributed by atoms with Crippen LogP contribution < -0.4 is 5.73 Å². The third-order valence-electron chi connectivity index (χ3n) is 2.04. The Labute approximate surface area is 81.4 Å². The highest BCUT2D eigenvalue weighted by atomic mass is 15.4. The lowest BCUT2D eigenvalue weighted by Gasteiger charge is -2.00. The van der Waals surface area contributed by atoms with Crippen LogP contribution in [0.1, 0.15) is 5.82 Å². The lowest BCUT2D eigenvalue weighted by molar-refractivity contribution is 0.569. The van der Waals surface area contributed by atoms with Gasteiger partial charge in [0.05, 0.1) is 6.20 Å². The summed E-state index contributed by atoms with van der Waals surface area (Å²) < 4.78 is 3.70. The molecule has 0 fully saturated rings. The molecule has 0 aromatic carbocycles. The molecule has 2 N–H and O–H groups in total. The van der Waals surface area contributed by atoms with E-state index in [4.69, 9.17) is 5.73 Å². The van der Waals surface area contributed by atoms with Crippen LogP contribution in [0.15, 0.2) is 18.6 Å². The average Bonchev–Trinajstić information content (AvgIpc) is 2.72. The molecule has 0 saturated heterocycles. The summed E-state index contributed by atoms with van der Waals surface area (Å²) in [5, 5.41) is 7.55. The maximum atomic E-state index is 5.44. The van der Waals surface area contributed by atoms with Gasteiger partial charge in [0.1, 0.15) is 5.82 Å². The quantitative estimate of drug-likeness (QED) is 0.733. The average molecular weight is 192 g/mol. The Morgan fingerprint density at radius 1 is 1.50 bits per heavy atom. The first-order valence-electron chi connectivity index (χ1n) is 4.37. The zero-order valence-corrected chi connectivity index (χ0v) is 7.96. The number of aryl methyl sites for hydroxylation is 3. The highest BCUT2D eigenvalue weighted by Crippen LogP contribution is 1.99. The third kappa shape index (κ3) is 1.73. The topological polar surface area (TPSA) is 74.5 Å². The van der Waals surface area contributed by atoms with Gasteiger partial charge in [-0.05, 0) is 0 Å². The Kier molecular flexibility index (Phi) is 2.18. The summed E-state index contributed by atoms with van der Waals surface area (Å²) in [7, 11) is 1.97. The van der Waals surface area contributed by atoms with E-state index in [2.05, 4.69) is 15.3 Å². The zero-order chi connectivity index (χ0) is 9.97. The molecule has 0 amide bonds. The van der Waals surface area contributed by atoms with Crippen molar-refractivity contribution in [3.63, 3.8) is 0 Å². The summed E-state index contributed by atoms with van der Waals surface area (Å²) in [5.41, 5.74) is 5.44. The smallest absolute Gasteiger partial charge is 0.165 e. The molecule has 0 aliphatic carbocycles. The van der Waals surface area contributed by atoms with Crippen molar-refractivity contribution in [1.29, 1.82) is 0 Å². The molecule has 0 aliphatic rings. The first kappa shape index (κ1) is 8.74. The molecule has 0 unspecified atom stereocenters. The highest BCUT2D eigenvalue weighted by molar-refractivity contribution is 5.19. The minimum Gasteiger partial charge on any atom is -0.381 e. The van der Waals surface area contributed by atoms with E-state index >= 15 is 0 Å². The second kappa shape index (κ2) is 3.49. The fraction of sp³-hybridized carbons (Fsp3) is 0.375. The molecule has 6 nitrogen and oxygen atoms in total. The van der Waals surface area contributed by atoms with Gasteiger partial charge in [-0.2, -0.15) is 0 Å². The lowest BCUT2D eigenvalue weighted by Crippen LogP contribution is -2.06. The molecule has 2 rings (SSSR count). The fourth-order valence-electron chi connectivity index (χ4n) is 1.27. The minimum atomic E-state index is 0.449. The first-order valence-corrected chi connectivity index (χ1v) is 4.37. The van der Waals surface area contributed by atoms with Gasteiger partial charge >= 0.3 is 0 Å². The minimum absolute atomic E-state index is 0.449. The van der Waals surface area contributed by atoms with Gasteiger partial charge in [0, 0.05) is 32.4 Å². The van der Waals surface area contributed by atoms with E-state index in [9.17, 15) is 0 Å². The van der Waals surface area contributed by atoms with E-state index < -0.39 is 0 Å². The monoisotopic (exact) mass is 192 g/mol. The number of anilines is 1. The van der Waals surface area contributed by atoms with Gasteiger partial charge in [0.2, 0.25) is 0 Å². The van der Waals surface area contributed by atoms with Gasteiger partial charge in [-0.25, -0.2) is 9.67 Å². The standard InChI is InChI=1S/C8H12N6/c1-13-5-3-10-8(13)2-4-14-6-7(9)11-12-14/h3,5-6H,2,4,9H2,1H3. The predicted molar refractivity (Wildman–Crippen MR) is 51.3 cm³/mol. The van der Waals surface area contributed by atoms with Gasteiger partial charge < -0.3 is 10.3 Å². The number of nitrogens with two attached hydrogens (primary N) is 1. The Balaban J connectivity index is 1.98. The maximum absolute atomic E-state index is 5.44. The molecule has 74 valence electrons. The number of hydrogen-bond acceptors (Lipinski definition) is 4. The van der Waals surface area contributed by atoms with Crippen molar-refractivity contribution in [1.82, 2.24) is 24.5 Å². The summed E-state index contributed by atoms with van der Waals surface area (Å²) >= 11 is 0. The van der Waals surface area contributed by atoms with Gasteiger partial charge in [-0.1, -0.05) is 5.21 Å². The van der Waals surface area contributed by atoms with Crippen LogP contribution in [0.25, 0.3) is 0 Å². The van der Waals surface area contributed by atoms with Crippen LogP contribution in [-0.4, -0.2) is 24.5 Å². The van der Waals surface area contributed by atoms with Gasteiger partial charge in [0.25, 0.3) is 0 Å². The Bertz CT molecular complexity index is 415. The number of nitrogens with zero attached hydrogens (tertiary/aromatic N) is 5. The van der Waals surface area contributed by atoms with E-state index in [1.54, 1.807) is 17.1 Å². The predicted octanol–water partition coefficient (Wildman–Crippen LogP) is -0.164. The number of nitrogen functional groups attached to an aromatic ring is 1. The Hall–Kier alpha value is -1.85. The van der Waals surface area contributed by atoms with Crippen molar-refractivity contribution in [2.24, 2.45) is 7.05 Å². The molecule has 0 atom stereocenters. The van der Waals surface area contributed by atoms with E-state index in [1.807, 2.05) is 17.8 Å². The van der Waals surface area contributed by atoms with Crippen molar-refractivity contribution < 1.29 is 0 Å². The molecule has 0 spiro atoms. The van der Waals surface area contributed by atoms with Crippen LogP contribution in [0.3, 0.4) is 0 Å². The van der Waals surface area contributed by atoms with Crippen LogP contribution >= 0.6 is 0 Å². The van der Waals surface area contributed by atoms with Crippen LogP contribution in [0.2, 0.25) is 0 Å². The normalized spacial score (nSPS) is 10.6. The molecule has 2 aromatic heterocycles. The lowest BCUT2D eigenvalue weighted by atomic mass is 10.4. The van der Waals surface area contributed by atoms with Crippen LogP contribution in [-0.2, 0) is 20.0 Å². The second-order valence-electron chi connectivity index (χ2n) is 3.11. The number of rotatable bonds is 3. The van der Waals surface area contributed by atoms with Gasteiger partial charge in [-0.3, -0.25) is 0 Å². The molecule has 0 bridgehead atoms. The summed E-state index contributed by atoms with van der Waals surface area (Å²) in [5.74, 6) is 1.48. The van der Waals surface area contributed by atoms with Crippen molar-refractivity contribution in [2.75, 3.05) is 5.73 Å². The molecule has 6 heteroatoms. The van der Waals surface area contributed by atoms with Crippen LogP contribution in [0.5, 0.6) is 0 Å². The molecule has 2 aromatic rings. The fourth-order valence-corrected chi connectivity index (χ4v) is 1.27. The summed E-state index contributed by atoms with van der Waals surface area (Å²) in [4.78, 5) is 4.21. The molecular weight excluding hydrogens is 180 g/mol. The molecule has 0 saturated carbocycles. The third-order valence-corrected chi connectivity index (χ3v) is 2.04. The summed E-state index contributed by atoms with van der Waals surface area (Å²) in [6, 6.07) is 0. The van der Waals surface area contributed by atoms with Crippen molar-refractivity contribution in [3.8, 4) is 0 Å². The van der Waals surface area contributed by atoms with E-state index in [-0.39, 0.29) is 0 Å². The maximum Gasteiger partial charge on any atom is 0.165 e. The molecule has 2 heterocycles.